The molecule has 2 atom stereocenters. The molecule has 0 spiro atoms. The highest BCUT2D eigenvalue weighted by Gasteiger charge is 2.42. The molecule has 2 nitrogen and oxygen atoms in total. The van der Waals surface area contributed by atoms with Crippen LogP contribution in [0.25, 0.3) is 0 Å². The third-order valence-corrected chi connectivity index (χ3v) is 5.55. The van der Waals surface area contributed by atoms with Crippen LogP contribution in [0, 0.1) is 5.41 Å². The van der Waals surface area contributed by atoms with E-state index in [4.69, 9.17) is 16.3 Å². The molecule has 0 radical (unpaired) electrons. The Morgan fingerprint density at radius 3 is 2.85 bits per heavy atom. The normalized spacial score (nSPS) is 29.9. The van der Waals surface area contributed by atoms with Crippen molar-refractivity contribution in [3.05, 3.63) is 33.3 Å². The molecule has 1 N–H and O–H groups in total. The monoisotopic (exact) mass is 357 g/mol. The number of ether oxygens (including phenoxy) is 1. The van der Waals surface area contributed by atoms with Gasteiger partial charge < -0.3 is 10.1 Å². The van der Waals surface area contributed by atoms with Crippen LogP contribution in [0.4, 0.5) is 0 Å². The minimum Gasteiger partial charge on any atom is -0.378 e. The van der Waals surface area contributed by atoms with Gasteiger partial charge in [0.1, 0.15) is 0 Å². The Morgan fingerprint density at radius 2 is 2.25 bits per heavy atom. The number of halogens is 2. The molecule has 1 aliphatic carbocycles. The van der Waals surface area contributed by atoms with Gasteiger partial charge in [0.25, 0.3) is 0 Å². The van der Waals surface area contributed by atoms with Crippen molar-refractivity contribution in [2.45, 2.75) is 44.8 Å². The maximum absolute atomic E-state index is 6.40. The predicted octanol–water partition coefficient (Wildman–Crippen LogP) is 4.19. The van der Waals surface area contributed by atoms with Crippen LogP contribution in [-0.2, 0) is 11.2 Å². The van der Waals surface area contributed by atoms with Gasteiger partial charge in [0.2, 0.25) is 0 Å². The molecule has 1 aliphatic heterocycles. The summed E-state index contributed by atoms with van der Waals surface area (Å²) in [5.74, 6) is 0. The number of benzene rings is 1. The molecule has 20 heavy (non-hydrogen) atoms. The minimum atomic E-state index is 0.181. The van der Waals surface area contributed by atoms with Gasteiger partial charge in [0, 0.05) is 34.1 Å². The first-order chi connectivity index (χ1) is 9.59. The summed E-state index contributed by atoms with van der Waals surface area (Å²) in [7, 11) is 0. The van der Waals surface area contributed by atoms with E-state index in [9.17, 15) is 0 Å². The zero-order valence-corrected chi connectivity index (χ0v) is 14.1. The van der Waals surface area contributed by atoms with Crippen LogP contribution < -0.4 is 5.32 Å². The molecular formula is C16H21BrClNO. The van der Waals surface area contributed by atoms with E-state index in [0.717, 1.165) is 41.5 Å². The highest BCUT2D eigenvalue weighted by Crippen LogP contribution is 2.40. The summed E-state index contributed by atoms with van der Waals surface area (Å²) in [5.41, 5.74) is 1.41. The first-order valence-corrected chi connectivity index (χ1v) is 8.55. The van der Waals surface area contributed by atoms with Crippen LogP contribution in [0.2, 0.25) is 5.02 Å². The van der Waals surface area contributed by atoms with Gasteiger partial charge in [-0.3, -0.25) is 0 Å². The number of nitrogens with one attached hydrogen (secondary N) is 1. The number of hydrogen-bond donors (Lipinski definition) is 1. The molecule has 2 aliphatic rings. The van der Waals surface area contributed by atoms with E-state index >= 15 is 0 Å². The second-order valence-corrected chi connectivity index (χ2v) is 7.52. The van der Waals surface area contributed by atoms with Crippen LogP contribution >= 0.6 is 27.5 Å². The van der Waals surface area contributed by atoms with Crippen molar-refractivity contribution in [2.24, 2.45) is 5.41 Å². The molecule has 0 aromatic heterocycles. The Bertz CT molecular complexity index is 491. The van der Waals surface area contributed by atoms with Gasteiger partial charge >= 0.3 is 0 Å². The SMILES string of the molecule is CC1OCCC1(CNC1CC1)Cc1ccc(Br)cc1Cl. The maximum atomic E-state index is 6.40. The smallest absolute Gasteiger partial charge is 0.0619 e. The van der Waals surface area contributed by atoms with Gasteiger partial charge in [0.05, 0.1) is 6.10 Å². The summed E-state index contributed by atoms with van der Waals surface area (Å²) in [6.45, 7) is 4.10. The largest absolute Gasteiger partial charge is 0.378 e. The van der Waals surface area contributed by atoms with Gasteiger partial charge in [-0.25, -0.2) is 0 Å². The van der Waals surface area contributed by atoms with Crippen molar-refractivity contribution >= 4 is 27.5 Å². The topological polar surface area (TPSA) is 21.3 Å². The van der Waals surface area contributed by atoms with Crippen LogP contribution in [0.1, 0.15) is 31.7 Å². The lowest BCUT2D eigenvalue weighted by Gasteiger charge is -2.33. The van der Waals surface area contributed by atoms with Crippen molar-refractivity contribution in [2.75, 3.05) is 13.2 Å². The molecule has 1 aromatic carbocycles. The Morgan fingerprint density at radius 1 is 1.45 bits per heavy atom. The molecule has 3 rings (SSSR count). The van der Waals surface area contributed by atoms with E-state index < -0.39 is 0 Å². The molecule has 2 unspecified atom stereocenters. The predicted molar refractivity (Wildman–Crippen MR) is 86.3 cm³/mol. The Hall–Kier alpha value is -0.0900. The van der Waals surface area contributed by atoms with E-state index in [1.807, 2.05) is 6.07 Å². The molecule has 4 heteroatoms. The Kier molecular flexibility index (Phi) is 4.42. The molecule has 1 saturated carbocycles. The zero-order valence-electron chi connectivity index (χ0n) is 11.8. The van der Waals surface area contributed by atoms with Crippen molar-refractivity contribution in [1.29, 1.82) is 0 Å². The fourth-order valence-corrected chi connectivity index (χ4v) is 3.77. The third kappa shape index (κ3) is 3.22. The average molecular weight is 359 g/mol. The average Bonchev–Trinajstić information content (AvgIpc) is 3.17. The highest BCUT2D eigenvalue weighted by atomic mass is 79.9. The molecule has 2 fully saturated rings. The van der Waals surface area contributed by atoms with Gasteiger partial charge in [-0.2, -0.15) is 0 Å². The second-order valence-electron chi connectivity index (χ2n) is 6.19. The van der Waals surface area contributed by atoms with Gasteiger partial charge in [0.15, 0.2) is 0 Å². The molecule has 1 saturated heterocycles. The molecule has 110 valence electrons. The van der Waals surface area contributed by atoms with Crippen LogP contribution in [-0.4, -0.2) is 25.3 Å². The lowest BCUT2D eigenvalue weighted by molar-refractivity contribution is 0.0628. The fraction of sp³-hybridized carbons (Fsp3) is 0.625. The van der Waals surface area contributed by atoms with Crippen LogP contribution in [0.5, 0.6) is 0 Å². The Balaban J connectivity index is 1.78. The number of hydrogen-bond acceptors (Lipinski definition) is 2. The van der Waals surface area contributed by atoms with Gasteiger partial charge in [-0.05, 0) is 50.3 Å². The van der Waals surface area contributed by atoms with E-state index in [-0.39, 0.29) is 11.5 Å². The van der Waals surface area contributed by atoms with Crippen LogP contribution in [0.3, 0.4) is 0 Å². The lowest BCUT2D eigenvalue weighted by atomic mass is 9.76. The van der Waals surface area contributed by atoms with Gasteiger partial charge in [-0.1, -0.05) is 33.6 Å². The Labute approximate surface area is 134 Å². The molecule has 1 heterocycles. The highest BCUT2D eigenvalue weighted by molar-refractivity contribution is 9.10. The van der Waals surface area contributed by atoms with E-state index in [1.54, 1.807) is 0 Å². The minimum absolute atomic E-state index is 0.181. The van der Waals surface area contributed by atoms with Crippen LogP contribution in [0.15, 0.2) is 22.7 Å². The van der Waals surface area contributed by atoms with Crippen molar-refractivity contribution < 1.29 is 4.74 Å². The molecular weight excluding hydrogens is 338 g/mol. The zero-order chi connectivity index (χ0) is 14.2. The third-order valence-electron chi connectivity index (χ3n) is 4.71. The summed E-state index contributed by atoms with van der Waals surface area (Å²) < 4.78 is 6.90. The van der Waals surface area contributed by atoms with E-state index in [1.165, 1.54) is 18.4 Å². The summed E-state index contributed by atoms with van der Waals surface area (Å²) in [6, 6.07) is 6.93. The fourth-order valence-electron chi connectivity index (χ4n) is 3.03. The van der Waals surface area contributed by atoms with E-state index in [2.05, 4.69) is 40.3 Å². The molecule has 0 amide bonds. The van der Waals surface area contributed by atoms with Crippen molar-refractivity contribution in [3.63, 3.8) is 0 Å². The first kappa shape index (κ1) is 14.8. The molecule has 0 bridgehead atoms. The van der Waals surface area contributed by atoms with Gasteiger partial charge in [-0.15, -0.1) is 0 Å². The summed E-state index contributed by atoms with van der Waals surface area (Å²) in [6.07, 6.45) is 5.03. The maximum Gasteiger partial charge on any atom is 0.0619 e. The van der Waals surface area contributed by atoms with Crippen molar-refractivity contribution in [3.8, 4) is 0 Å². The van der Waals surface area contributed by atoms with E-state index in [0.29, 0.717) is 0 Å². The summed E-state index contributed by atoms with van der Waals surface area (Å²) in [4.78, 5) is 0. The first-order valence-electron chi connectivity index (χ1n) is 7.38. The lowest BCUT2D eigenvalue weighted by Crippen LogP contribution is -2.42. The molecule has 1 aromatic rings. The summed E-state index contributed by atoms with van der Waals surface area (Å²) >= 11 is 9.87. The standard InChI is InChI=1S/C16H21BrClNO/c1-11-16(6-7-20-11,10-19-14-4-5-14)9-12-2-3-13(17)8-15(12)18/h2-3,8,11,14,19H,4-7,9-10H2,1H3. The van der Waals surface area contributed by atoms with Crippen molar-refractivity contribution in [1.82, 2.24) is 5.32 Å². The second kappa shape index (κ2) is 5.96. The quantitative estimate of drug-likeness (QED) is 0.852. The number of rotatable bonds is 5. The summed E-state index contributed by atoms with van der Waals surface area (Å²) in [5, 5.41) is 4.54.